The van der Waals surface area contributed by atoms with Crippen LogP contribution < -0.4 is 4.74 Å². The van der Waals surface area contributed by atoms with E-state index in [0.29, 0.717) is 11.3 Å². The predicted molar refractivity (Wildman–Crippen MR) is 75.8 cm³/mol. The number of benzene rings is 2. The van der Waals surface area contributed by atoms with Crippen molar-refractivity contribution >= 4 is 0 Å². The van der Waals surface area contributed by atoms with Crippen LogP contribution in [0.4, 0.5) is 8.78 Å². The number of hydrogen-bond donors (Lipinski definition) is 1. The molecule has 108 valence electrons. The number of aliphatic hydroxyl groups is 1. The Labute approximate surface area is 122 Å². The van der Waals surface area contributed by atoms with Crippen molar-refractivity contribution in [3.05, 3.63) is 64.7 Å². The molecule has 2 aromatic rings. The Bertz CT molecular complexity index is 700. The molecule has 21 heavy (non-hydrogen) atoms. The second-order valence-corrected chi connectivity index (χ2v) is 4.47. The van der Waals surface area contributed by atoms with Gasteiger partial charge < -0.3 is 9.84 Å². The summed E-state index contributed by atoms with van der Waals surface area (Å²) in [6.07, 6.45) is 0. The summed E-state index contributed by atoms with van der Waals surface area (Å²) in [4.78, 5) is 0. The molecule has 2 rings (SSSR count). The summed E-state index contributed by atoms with van der Waals surface area (Å²) in [5, 5.41) is 8.64. The van der Waals surface area contributed by atoms with Crippen molar-refractivity contribution in [3.63, 3.8) is 0 Å². The van der Waals surface area contributed by atoms with E-state index in [0.717, 1.165) is 5.56 Å². The van der Waals surface area contributed by atoms with Crippen molar-refractivity contribution in [2.75, 3.05) is 6.61 Å². The van der Waals surface area contributed by atoms with E-state index in [1.165, 1.54) is 12.1 Å². The average molecular weight is 288 g/mol. The molecule has 0 saturated heterocycles. The lowest BCUT2D eigenvalue weighted by Gasteiger charge is -2.08. The standard InChI is InChI=1S/C17H14F2O2/c1-12-9-15(5-7-16(12)18)21-11-13-4-6-17(19)14(10-13)3-2-8-20/h4-7,9-10,20H,8,11H2,1H3. The third-order valence-electron chi connectivity index (χ3n) is 2.87. The van der Waals surface area contributed by atoms with E-state index >= 15 is 0 Å². The monoisotopic (exact) mass is 288 g/mol. The van der Waals surface area contributed by atoms with Gasteiger partial charge in [-0.3, -0.25) is 0 Å². The molecule has 0 saturated carbocycles. The van der Waals surface area contributed by atoms with Gasteiger partial charge in [0.05, 0.1) is 5.56 Å². The van der Waals surface area contributed by atoms with E-state index in [2.05, 4.69) is 11.8 Å². The quantitative estimate of drug-likeness (QED) is 0.879. The summed E-state index contributed by atoms with van der Waals surface area (Å²) in [5.74, 6) is 4.75. The lowest BCUT2D eigenvalue weighted by Crippen LogP contribution is -1.98. The molecule has 0 unspecified atom stereocenters. The molecule has 0 aliphatic rings. The molecule has 4 heteroatoms. The van der Waals surface area contributed by atoms with Gasteiger partial charge in [0.25, 0.3) is 0 Å². The molecule has 0 atom stereocenters. The zero-order chi connectivity index (χ0) is 15.2. The predicted octanol–water partition coefficient (Wildman–Crippen LogP) is 3.20. The summed E-state index contributed by atoms with van der Waals surface area (Å²) in [7, 11) is 0. The van der Waals surface area contributed by atoms with E-state index in [4.69, 9.17) is 9.84 Å². The van der Waals surface area contributed by atoms with Gasteiger partial charge in [-0.25, -0.2) is 8.78 Å². The van der Waals surface area contributed by atoms with Gasteiger partial charge >= 0.3 is 0 Å². The molecule has 0 radical (unpaired) electrons. The van der Waals surface area contributed by atoms with Gasteiger partial charge in [0, 0.05) is 0 Å². The van der Waals surface area contributed by atoms with Gasteiger partial charge in [-0.1, -0.05) is 17.9 Å². The highest BCUT2D eigenvalue weighted by Crippen LogP contribution is 2.18. The van der Waals surface area contributed by atoms with Crippen LogP contribution in [0, 0.1) is 30.4 Å². The largest absolute Gasteiger partial charge is 0.489 e. The molecule has 0 bridgehead atoms. The number of ether oxygens (including phenoxy) is 1. The first-order chi connectivity index (χ1) is 10.1. The smallest absolute Gasteiger partial charge is 0.138 e. The third kappa shape index (κ3) is 4.04. The molecule has 1 N–H and O–H groups in total. The van der Waals surface area contributed by atoms with Crippen LogP contribution in [0.2, 0.25) is 0 Å². The topological polar surface area (TPSA) is 29.5 Å². The van der Waals surface area contributed by atoms with Crippen molar-refractivity contribution in [2.45, 2.75) is 13.5 Å². The molecular weight excluding hydrogens is 274 g/mol. The SMILES string of the molecule is Cc1cc(OCc2ccc(F)c(C#CCO)c2)ccc1F. The van der Waals surface area contributed by atoms with E-state index in [9.17, 15) is 8.78 Å². The fraction of sp³-hybridized carbons (Fsp3) is 0.176. The molecule has 0 fully saturated rings. The van der Waals surface area contributed by atoms with Crippen molar-refractivity contribution in [1.29, 1.82) is 0 Å². The molecule has 0 spiro atoms. The second kappa shape index (κ2) is 6.87. The van der Waals surface area contributed by atoms with E-state index < -0.39 is 5.82 Å². The summed E-state index contributed by atoms with van der Waals surface area (Å²) in [6, 6.07) is 8.94. The highest BCUT2D eigenvalue weighted by molar-refractivity contribution is 5.38. The Kier molecular flexibility index (Phi) is 4.91. The van der Waals surface area contributed by atoms with E-state index in [1.54, 1.807) is 31.2 Å². The highest BCUT2D eigenvalue weighted by Gasteiger charge is 2.04. The molecule has 2 aromatic carbocycles. The second-order valence-electron chi connectivity index (χ2n) is 4.47. The van der Waals surface area contributed by atoms with Crippen LogP contribution in [0.5, 0.6) is 5.75 Å². The Morgan fingerprint density at radius 2 is 1.86 bits per heavy atom. The Hall–Kier alpha value is -2.38. The lowest BCUT2D eigenvalue weighted by molar-refractivity contribution is 0.305. The zero-order valence-electron chi connectivity index (χ0n) is 11.5. The Morgan fingerprint density at radius 3 is 2.57 bits per heavy atom. The van der Waals surface area contributed by atoms with E-state index in [-0.39, 0.29) is 24.6 Å². The molecule has 0 aliphatic heterocycles. The maximum absolute atomic E-state index is 13.5. The first-order valence-electron chi connectivity index (χ1n) is 6.37. The third-order valence-corrected chi connectivity index (χ3v) is 2.87. The normalized spacial score (nSPS) is 9.90. The van der Waals surface area contributed by atoms with Gasteiger partial charge in [0.2, 0.25) is 0 Å². The minimum Gasteiger partial charge on any atom is -0.489 e. The van der Waals surface area contributed by atoms with Crippen LogP contribution >= 0.6 is 0 Å². The maximum atomic E-state index is 13.5. The van der Waals surface area contributed by atoms with Crippen molar-refractivity contribution in [1.82, 2.24) is 0 Å². The fourth-order valence-electron chi connectivity index (χ4n) is 1.77. The zero-order valence-corrected chi connectivity index (χ0v) is 11.5. The summed E-state index contributed by atoms with van der Waals surface area (Å²) in [6.45, 7) is 1.55. The van der Waals surface area contributed by atoms with Gasteiger partial charge in [-0.2, -0.15) is 0 Å². The molecular formula is C17H14F2O2. The summed E-state index contributed by atoms with van der Waals surface area (Å²) < 4.78 is 32.2. The molecule has 0 amide bonds. The van der Waals surface area contributed by atoms with Crippen molar-refractivity contribution in [3.8, 4) is 17.6 Å². The maximum Gasteiger partial charge on any atom is 0.138 e. The van der Waals surface area contributed by atoms with Crippen LogP contribution in [-0.2, 0) is 6.61 Å². The van der Waals surface area contributed by atoms with Gasteiger partial charge in [0.15, 0.2) is 0 Å². The number of hydrogen-bond acceptors (Lipinski definition) is 2. The minimum absolute atomic E-state index is 0.209. The number of rotatable bonds is 3. The van der Waals surface area contributed by atoms with E-state index in [1.807, 2.05) is 0 Å². The number of aryl methyl sites for hydroxylation is 1. The number of halogens is 2. The van der Waals surface area contributed by atoms with Gasteiger partial charge in [-0.15, -0.1) is 0 Å². The van der Waals surface area contributed by atoms with Crippen LogP contribution in [0.1, 0.15) is 16.7 Å². The van der Waals surface area contributed by atoms with Crippen molar-refractivity contribution < 1.29 is 18.6 Å². The van der Waals surface area contributed by atoms with Crippen LogP contribution in [-0.4, -0.2) is 11.7 Å². The first kappa shape index (κ1) is 15.0. The molecule has 2 nitrogen and oxygen atoms in total. The lowest BCUT2D eigenvalue weighted by atomic mass is 10.1. The van der Waals surface area contributed by atoms with Gasteiger partial charge in [-0.05, 0) is 48.4 Å². The number of aliphatic hydroxyl groups excluding tert-OH is 1. The molecule has 0 aromatic heterocycles. The Morgan fingerprint density at radius 1 is 1.10 bits per heavy atom. The molecule has 0 heterocycles. The summed E-state index contributed by atoms with van der Waals surface area (Å²) >= 11 is 0. The summed E-state index contributed by atoms with van der Waals surface area (Å²) in [5.41, 5.74) is 1.45. The first-order valence-corrected chi connectivity index (χ1v) is 6.37. The Balaban J connectivity index is 2.11. The van der Waals surface area contributed by atoms with Crippen LogP contribution in [0.3, 0.4) is 0 Å². The average Bonchev–Trinajstić information content (AvgIpc) is 2.48. The minimum atomic E-state index is -0.447. The highest BCUT2D eigenvalue weighted by atomic mass is 19.1. The molecule has 0 aliphatic carbocycles. The fourth-order valence-corrected chi connectivity index (χ4v) is 1.77. The van der Waals surface area contributed by atoms with Gasteiger partial charge in [0.1, 0.15) is 30.6 Å². The van der Waals surface area contributed by atoms with Crippen molar-refractivity contribution in [2.24, 2.45) is 0 Å². The van der Waals surface area contributed by atoms with Crippen LogP contribution in [0.15, 0.2) is 36.4 Å². The van der Waals surface area contributed by atoms with Crippen LogP contribution in [0.25, 0.3) is 0 Å².